The number of ether oxygens (including phenoxy) is 4. The number of aromatic hydroxyl groups is 1. The molecular weight excluding hydrogens is 767 g/mol. The number of nitrogens with one attached hydrogen (secondary N) is 2. The quantitative estimate of drug-likeness (QED) is 0.0514. The van der Waals surface area contributed by atoms with Crippen molar-refractivity contribution in [2.24, 2.45) is 5.73 Å². The van der Waals surface area contributed by atoms with E-state index >= 15 is 0 Å². The third kappa shape index (κ3) is 18.5. The largest absolute Gasteiger partial charge is 0.508 e. The Hall–Kier alpha value is -6.99. The van der Waals surface area contributed by atoms with Gasteiger partial charge >= 0.3 is 24.1 Å². The zero-order valence-corrected chi connectivity index (χ0v) is 34.2. The second-order valence-corrected chi connectivity index (χ2v) is 13.6. The van der Waals surface area contributed by atoms with E-state index < -0.39 is 42.3 Å². The number of methoxy groups -OCH3 is 2. The van der Waals surface area contributed by atoms with Crippen LogP contribution in [0.15, 0.2) is 133 Å². The van der Waals surface area contributed by atoms with E-state index in [0.717, 1.165) is 45.2 Å². The summed E-state index contributed by atoms with van der Waals surface area (Å²) in [6, 6.07) is 38.8. The van der Waals surface area contributed by atoms with Gasteiger partial charge in [0.05, 0.1) is 20.3 Å². The summed E-state index contributed by atoms with van der Waals surface area (Å²) in [5, 5.41) is 14.2. The van der Waals surface area contributed by atoms with Crippen LogP contribution in [0.5, 0.6) is 5.75 Å². The molecule has 3 atom stereocenters. The number of aldehydes is 1. The fourth-order valence-electron chi connectivity index (χ4n) is 5.35. The van der Waals surface area contributed by atoms with Crippen molar-refractivity contribution < 1.29 is 48.0 Å². The summed E-state index contributed by atoms with van der Waals surface area (Å²) in [5.41, 5.74) is 12.4. The van der Waals surface area contributed by atoms with Crippen LogP contribution in [0.2, 0.25) is 0 Å². The molecule has 5 aromatic rings. The molecule has 0 saturated heterocycles. The van der Waals surface area contributed by atoms with Gasteiger partial charge in [-0.3, -0.25) is 4.79 Å². The number of hydrogen-bond donors (Lipinski definition) is 4. The van der Waals surface area contributed by atoms with Crippen molar-refractivity contribution in [3.8, 4) is 5.75 Å². The van der Waals surface area contributed by atoms with Crippen LogP contribution in [0.25, 0.3) is 0 Å². The number of amides is 2. The smallest absolute Gasteiger partial charge is 0.408 e. The molecule has 316 valence electrons. The monoisotopic (exact) mass is 819 g/mol. The summed E-state index contributed by atoms with van der Waals surface area (Å²) < 4.78 is 19.5. The van der Waals surface area contributed by atoms with Crippen LogP contribution in [0.1, 0.15) is 38.9 Å². The molecule has 0 spiro atoms. The minimum Gasteiger partial charge on any atom is -0.508 e. The predicted molar refractivity (Wildman–Crippen MR) is 227 cm³/mol. The molecule has 5 N–H and O–H groups in total. The van der Waals surface area contributed by atoms with E-state index in [1.165, 1.54) is 14.2 Å². The van der Waals surface area contributed by atoms with Crippen molar-refractivity contribution in [1.29, 1.82) is 0 Å². The molecule has 0 aliphatic carbocycles. The summed E-state index contributed by atoms with van der Waals surface area (Å²) >= 11 is 0. The maximum Gasteiger partial charge on any atom is 0.408 e. The van der Waals surface area contributed by atoms with Gasteiger partial charge in [0.2, 0.25) is 0 Å². The van der Waals surface area contributed by atoms with Crippen molar-refractivity contribution in [1.82, 2.24) is 10.6 Å². The van der Waals surface area contributed by atoms with Gasteiger partial charge in [0.1, 0.15) is 37.3 Å². The van der Waals surface area contributed by atoms with Gasteiger partial charge in [0.15, 0.2) is 0 Å². The molecule has 5 aromatic carbocycles. The Morgan fingerprint density at radius 3 is 1.43 bits per heavy atom. The minimum absolute atomic E-state index is 0.144. The van der Waals surface area contributed by atoms with Crippen molar-refractivity contribution in [2.75, 3.05) is 14.2 Å². The van der Waals surface area contributed by atoms with E-state index in [1.54, 1.807) is 24.3 Å². The van der Waals surface area contributed by atoms with Crippen molar-refractivity contribution in [2.45, 2.75) is 64.4 Å². The number of carbonyl (C=O) groups excluding carboxylic acids is 5. The first-order chi connectivity index (χ1) is 28.9. The Kier molecular flexibility index (Phi) is 20.6. The highest BCUT2D eigenvalue weighted by molar-refractivity contribution is 5.81. The van der Waals surface area contributed by atoms with E-state index in [-0.39, 0.29) is 19.0 Å². The second kappa shape index (κ2) is 26.1. The Morgan fingerprint density at radius 2 is 0.983 bits per heavy atom. The number of aryl methyl sites for hydroxylation is 2. The number of esters is 2. The van der Waals surface area contributed by atoms with Gasteiger partial charge in [0, 0.05) is 6.42 Å². The van der Waals surface area contributed by atoms with Crippen molar-refractivity contribution in [3.63, 3.8) is 0 Å². The minimum atomic E-state index is -0.791. The Labute approximate surface area is 350 Å². The normalized spacial score (nSPS) is 11.6. The van der Waals surface area contributed by atoms with E-state index in [9.17, 15) is 24.0 Å². The number of hydrogen-bond acceptors (Lipinski definition) is 11. The maximum absolute atomic E-state index is 12.0. The summed E-state index contributed by atoms with van der Waals surface area (Å²) in [5.74, 6) is -0.745. The van der Waals surface area contributed by atoms with Crippen LogP contribution in [0, 0.1) is 13.8 Å². The van der Waals surface area contributed by atoms with Gasteiger partial charge in [-0.2, -0.15) is 0 Å². The van der Waals surface area contributed by atoms with E-state index in [4.69, 9.17) is 25.1 Å². The van der Waals surface area contributed by atoms with Crippen LogP contribution in [-0.4, -0.2) is 67.9 Å². The standard InChI is InChI=1S/C19H21NO4.C18H19NO3.C10H13NO3/c1-14-8-10-15(11-9-14)12-17(18(21)23-2)20-19(22)24-13-16-6-4-3-5-7-16;1-14-7-9-15(10-8-14)11-17(12-20)19-18(21)22-13-16-5-3-2-4-6-16;1-14-10(13)9(11)6-7-2-4-8(12)5-3-7/h3-11,17H,12-13H2,1-2H3,(H,20,22);2-10,12,17H,11,13H2,1H3,(H,19,21);2-5,9,12H,6,11H2,1H3. The summed E-state index contributed by atoms with van der Waals surface area (Å²) in [7, 11) is 2.60. The number of phenols is 1. The highest BCUT2D eigenvalue weighted by Crippen LogP contribution is 2.12. The van der Waals surface area contributed by atoms with Crippen LogP contribution in [0.3, 0.4) is 0 Å². The van der Waals surface area contributed by atoms with E-state index in [0.29, 0.717) is 19.3 Å². The molecule has 13 nitrogen and oxygen atoms in total. The van der Waals surface area contributed by atoms with Gasteiger partial charge in [-0.15, -0.1) is 0 Å². The highest BCUT2D eigenvalue weighted by Gasteiger charge is 2.23. The molecule has 0 bridgehead atoms. The summed E-state index contributed by atoms with van der Waals surface area (Å²) in [6.07, 6.45) is 0.684. The molecular formula is C47H53N3O10. The number of benzene rings is 5. The zero-order valence-electron chi connectivity index (χ0n) is 34.2. The number of phenolic OH excluding ortho intramolecular Hbond substituents is 1. The van der Waals surface area contributed by atoms with Crippen molar-refractivity contribution >= 4 is 30.4 Å². The summed E-state index contributed by atoms with van der Waals surface area (Å²) in [4.78, 5) is 57.7. The molecule has 0 saturated carbocycles. The number of nitrogens with two attached hydrogens (primary N) is 1. The lowest BCUT2D eigenvalue weighted by Crippen LogP contribution is -2.43. The van der Waals surface area contributed by atoms with Gasteiger partial charge in [-0.05, 0) is 66.6 Å². The highest BCUT2D eigenvalue weighted by atomic mass is 16.6. The molecule has 0 fully saturated rings. The van der Waals surface area contributed by atoms with Gasteiger partial charge in [-0.25, -0.2) is 14.4 Å². The topological polar surface area (TPSA) is 193 Å². The number of alkyl carbamates (subject to hydrolysis) is 2. The fraction of sp³-hybridized carbons (Fsp3) is 0.255. The molecule has 2 amide bonds. The average Bonchev–Trinajstić information content (AvgIpc) is 3.27. The maximum atomic E-state index is 12.0. The molecule has 60 heavy (non-hydrogen) atoms. The van der Waals surface area contributed by atoms with Crippen molar-refractivity contribution in [3.05, 3.63) is 172 Å². The predicted octanol–water partition coefficient (Wildman–Crippen LogP) is 6.47. The average molecular weight is 820 g/mol. The zero-order chi connectivity index (χ0) is 43.7. The third-order valence-electron chi connectivity index (χ3n) is 8.70. The molecule has 0 heterocycles. The lowest BCUT2D eigenvalue weighted by Gasteiger charge is -2.16. The molecule has 13 heteroatoms. The first-order valence-corrected chi connectivity index (χ1v) is 19.1. The Balaban J connectivity index is 0.000000249. The van der Waals surface area contributed by atoms with Gasteiger partial charge in [0.25, 0.3) is 0 Å². The summed E-state index contributed by atoms with van der Waals surface area (Å²) in [6.45, 7) is 4.31. The lowest BCUT2D eigenvalue weighted by molar-refractivity contribution is -0.143. The lowest BCUT2D eigenvalue weighted by atomic mass is 10.0. The van der Waals surface area contributed by atoms with Crippen LogP contribution in [-0.2, 0) is 65.8 Å². The SMILES string of the molecule is COC(=O)C(Cc1ccc(C)cc1)NC(=O)OCc1ccccc1.COC(=O)C(N)Cc1ccc(O)cc1.Cc1ccc(CC(C=O)NC(=O)OCc2ccccc2)cc1. The molecule has 5 rings (SSSR count). The van der Waals surface area contributed by atoms with Crippen LogP contribution in [0.4, 0.5) is 9.59 Å². The Morgan fingerprint density at radius 1 is 0.567 bits per heavy atom. The number of carbonyl (C=O) groups is 5. The molecule has 0 radical (unpaired) electrons. The molecule has 0 aliphatic rings. The molecule has 0 aromatic heterocycles. The molecule has 3 unspecified atom stereocenters. The van der Waals surface area contributed by atoms with Gasteiger partial charge in [-0.1, -0.05) is 132 Å². The second-order valence-electron chi connectivity index (χ2n) is 13.6. The first kappa shape index (κ1) is 47.4. The molecule has 0 aliphatic heterocycles. The number of rotatable bonds is 15. The first-order valence-electron chi connectivity index (χ1n) is 19.1. The van der Waals surface area contributed by atoms with E-state index in [2.05, 4.69) is 15.4 Å². The fourth-order valence-corrected chi connectivity index (χ4v) is 5.35. The van der Waals surface area contributed by atoms with Crippen LogP contribution >= 0.6 is 0 Å². The van der Waals surface area contributed by atoms with Crippen LogP contribution < -0.4 is 16.4 Å². The third-order valence-corrected chi connectivity index (χ3v) is 8.70. The van der Waals surface area contributed by atoms with Gasteiger partial charge < -0.3 is 45.2 Å². The van der Waals surface area contributed by atoms with E-state index in [1.807, 2.05) is 123 Å². The Bertz CT molecular complexity index is 2040.